The lowest BCUT2D eigenvalue weighted by atomic mass is 10.1. The first-order valence-corrected chi connectivity index (χ1v) is 6.74. The topological polar surface area (TPSA) is 38.7 Å². The Morgan fingerprint density at radius 3 is 2.30 bits per heavy atom. The molecule has 0 aromatic heterocycles. The van der Waals surface area contributed by atoms with Crippen molar-refractivity contribution in [3.8, 4) is 5.75 Å². The summed E-state index contributed by atoms with van der Waals surface area (Å²) in [7, 11) is 1.51. The van der Waals surface area contributed by atoms with Crippen LogP contribution in [0.5, 0.6) is 5.75 Å². The van der Waals surface area contributed by atoms with Crippen LogP contribution in [0, 0.1) is 0 Å². The molecule has 0 aliphatic rings. The van der Waals surface area contributed by atoms with Crippen LogP contribution in [-0.4, -0.2) is 18.5 Å². The van der Waals surface area contributed by atoms with Crippen LogP contribution in [0.4, 0.5) is 0 Å². The van der Waals surface area contributed by atoms with Gasteiger partial charge in [0.15, 0.2) is 6.29 Å². The van der Waals surface area contributed by atoms with E-state index in [-0.39, 0.29) is 0 Å². The first kappa shape index (κ1) is 14.6. The summed E-state index contributed by atoms with van der Waals surface area (Å²) in [6, 6.07) is 18.0. The van der Waals surface area contributed by atoms with Crippen LogP contribution in [0.25, 0.3) is 0 Å². The molecule has 3 heteroatoms. The molecule has 1 atom stereocenters. The van der Waals surface area contributed by atoms with Crippen molar-refractivity contribution in [2.24, 2.45) is 0 Å². The number of aliphatic hydroxyl groups excluding tert-OH is 1. The Labute approximate surface area is 119 Å². The second-order valence-electron chi connectivity index (χ2n) is 4.65. The Morgan fingerprint density at radius 1 is 0.950 bits per heavy atom. The van der Waals surface area contributed by atoms with Crippen molar-refractivity contribution in [3.05, 3.63) is 65.7 Å². The molecule has 3 nitrogen and oxygen atoms in total. The normalized spacial score (nSPS) is 12.1. The maximum absolute atomic E-state index is 9.34. The molecule has 0 amide bonds. The Bertz CT molecular complexity index is 493. The lowest BCUT2D eigenvalue weighted by molar-refractivity contribution is -0.0777. The maximum atomic E-state index is 9.34. The van der Waals surface area contributed by atoms with E-state index in [2.05, 4.69) is 0 Å². The molecule has 0 heterocycles. The number of rotatable bonds is 7. The van der Waals surface area contributed by atoms with Gasteiger partial charge in [0, 0.05) is 13.5 Å². The van der Waals surface area contributed by atoms with Gasteiger partial charge in [0.05, 0.1) is 0 Å². The summed E-state index contributed by atoms with van der Waals surface area (Å²) in [5.74, 6) is 0.852. The van der Waals surface area contributed by atoms with Crippen LogP contribution in [0.3, 0.4) is 0 Å². The summed E-state index contributed by atoms with van der Waals surface area (Å²) >= 11 is 0. The molecule has 2 rings (SSSR count). The van der Waals surface area contributed by atoms with Gasteiger partial charge in [-0.25, -0.2) is 0 Å². The van der Waals surface area contributed by atoms with E-state index in [1.54, 1.807) is 0 Å². The van der Waals surface area contributed by atoms with Crippen molar-refractivity contribution in [1.29, 1.82) is 0 Å². The number of hydrogen-bond donors (Lipinski definition) is 1. The van der Waals surface area contributed by atoms with E-state index < -0.39 is 6.29 Å². The maximum Gasteiger partial charge on any atom is 0.154 e. The van der Waals surface area contributed by atoms with Crippen molar-refractivity contribution in [2.75, 3.05) is 7.11 Å². The molecule has 1 unspecified atom stereocenters. The van der Waals surface area contributed by atoms with Crippen molar-refractivity contribution in [3.63, 3.8) is 0 Å². The van der Waals surface area contributed by atoms with E-state index in [4.69, 9.17) is 9.47 Å². The predicted octanol–water partition coefficient (Wildman–Crippen LogP) is 3.16. The zero-order chi connectivity index (χ0) is 14.2. The van der Waals surface area contributed by atoms with Crippen LogP contribution in [0.15, 0.2) is 54.6 Å². The van der Waals surface area contributed by atoms with E-state index in [1.807, 2.05) is 54.6 Å². The van der Waals surface area contributed by atoms with E-state index >= 15 is 0 Å². The molecule has 0 spiro atoms. The molecule has 2 aromatic carbocycles. The largest absolute Gasteiger partial charge is 0.489 e. The van der Waals surface area contributed by atoms with Gasteiger partial charge >= 0.3 is 0 Å². The Hall–Kier alpha value is -1.84. The smallest absolute Gasteiger partial charge is 0.154 e. The summed E-state index contributed by atoms with van der Waals surface area (Å²) in [6.45, 7) is 0.572. The number of ether oxygens (including phenoxy) is 2. The molecule has 0 fully saturated rings. The molecular formula is C17H20O3. The van der Waals surface area contributed by atoms with Crippen LogP contribution >= 0.6 is 0 Å². The molecule has 2 aromatic rings. The van der Waals surface area contributed by atoms with Gasteiger partial charge < -0.3 is 14.6 Å². The van der Waals surface area contributed by atoms with Gasteiger partial charge in [0.1, 0.15) is 12.4 Å². The monoisotopic (exact) mass is 272 g/mol. The van der Waals surface area contributed by atoms with E-state index in [9.17, 15) is 5.11 Å². The molecular weight excluding hydrogens is 252 g/mol. The van der Waals surface area contributed by atoms with Gasteiger partial charge in [-0.2, -0.15) is 0 Å². The minimum atomic E-state index is -0.691. The van der Waals surface area contributed by atoms with Gasteiger partial charge in [-0.15, -0.1) is 0 Å². The fourth-order valence-electron chi connectivity index (χ4n) is 1.90. The standard InChI is InChI=1S/C17H20O3/c1-19-17(18)12-9-14-7-10-16(11-8-14)20-13-15-5-3-2-4-6-15/h2-8,10-11,17-18H,9,12-13H2,1H3. The molecule has 20 heavy (non-hydrogen) atoms. The van der Waals surface area contributed by atoms with Crippen LogP contribution < -0.4 is 4.74 Å². The predicted molar refractivity (Wildman–Crippen MR) is 78.6 cm³/mol. The lowest BCUT2D eigenvalue weighted by Gasteiger charge is -2.09. The average Bonchev–Trinajstić information content (AvgIpc) is 2.52. The van der Waals surface area contributed by atoms with Gasteiger partial charge in [-0.3, -0.25) is 0 Å². The lowest BCUT2D eigenvalue weighted by Crippen LogP contribution is -2.09. The van der Waals surface area contributed by atoms with Crippen LogP contribution in [0.2, 0.25) is 0 Å². The average molecular weight is 272 g/mol. The van der Waals surface area contributed by atoms with E-state index in [1.165, 1.54) is 7.11 Å². The second-order valence-corrected chi connectivity index (χ2v) is 4.65. The van der Waals surface area contributed by atoms with Crippen LogP contribution in [0.1, 0.15) is 17.5 Å². The molecule has 106 valence electrons. The summed E-state index contributed by atoms with van der Waals surface area (Å²) in [5.41, 5.74) is 2.31. The number of methoxy groups -OCH3 is 1. The third-order valence-electron chi connectivity index (χ3n) is 3.12. The minimum absolute atomic E-state index is 0.572. The second kappa shape index (κ2) is 7.68. The number of aliphatic hydroxyl groups is 1. The number of aryl methyl sites for hydroxylation is 1. The molecule has 0 bridgehead atoms. The zero-order valence-corrected chi connectivity index (χ0v) is 11.7. The van der Waals surface area contributed by atoms with Gasteiger partial charge in [-0.05, 0) is 29.7 Å². The van der Waals surface area contributed by atoms with Crippen molar-refractivity contribution >= 4 is 0 Å². The number of benzene rings is 2. The summed E-state index contributed by atoms with van der Waals surface area (Å²) in [5, 5.41) is 9.34. The fourth-order valence-corrected chi connectivity index (χ4v) is 1.90. The van der Waals surface area contributed by atoms with Crippen molar-refractivity contribution < 1.29 is 14.6 Å². The van der Waals surface area contributed by atoms with Gasteiger partial charge in [0.2, 0.25) is 0 Å². The third kappa shape index (κ3) is 4.68. The summed E-state index contributed by atoms with van der Waals surface area (Å²) in [6.07, 6.45) is 0.693. The fraction of sp³-hybridized carbons (Fsp3) is 0.294. The highest BCUT2D eigenvalue weighted by atomic mass is 16.6. The highest BCUT2D eigenvalue weighted by Crippen LogP contribution is 2.15. The Morgan fingerprint density at radius 2 is 1.65 bits per heavy atom. The number of hydrogen-bond acceptors (Lipinski definition) is 3. The highest BCUT2D eigenvalue weighted by Gasteiger charge is 2.02. The first-order chi connectivity index (χ1) is 9.78. The quantitative estimate of drug-likeness (QED) is 0.787. The van der Waals surface area contributed by atoms with Gasteiger partial charge in [-0.1, -0.05) is 42.5 Å². The first-order valence-electron chi connectivity index (χ1n) is 6.74. The van der Waals surface area contributed by atoms with Crippen molar-refractivity contribution in [2.45, 2.75) is 25.7 Å². The highest BCUT2D eigenvalue weighted by molar-refractivity contribution is 5.27. The van der Waals surface area contributed by atoms with Gasteiger partial charge in [0.25, 0.3) is 0 Å². The molecule has 0 aliphatic carbocycles. The van der Waals surface area contributed by atoms with Crippen LogP contribution in [-0.2, 0) is 17.8 Å². The molecule has 0 aliphatic heterocycles. The molecule has 0 saturated carbocycles. The van der Waals surface area contributed by atoms with E-state index in [0.29, 0.717) is 13.0 Å². The van der Waals surface area contributed by atoms with E-state index in [0.717, 1.165) is 23.3 Å². The molecule has 0 radical (unpaired) electrons. The molecule has 1 N–H and O–H groups in total. The third-order valence-corrected chi connectivity index (χ3v) is 3.12. The SMILES string of the molecule is COC(O)CCc1ccc(OCc2ccccc2)cc1. The molecule has 0 saturated heterocycles. The zero-order valence-electron chi connectivity index (χ0n) is 11.7. The Kier molecular flexibility index (Phi) is 5.59. The minimum Gasteiger partial charge on any atom is -0.489 e. The summed E-state index contributed by atoms with van der Waals surface area (Å²) in [4.78, 5) is 0. The van der Waals surface area contributed by atoms with Crippen molar-refractivity contribution in [1.82, 2.24) is 0 Å². The summed E-state index contributed by atoms with van der Waals surface area (Å²) < 4.78 is 10.5. The Balaban J connectivity index is 1.82.